The van der Waals surface area contributed by atoms with Gasteiger partial charge in [0.2, 0.25) is 10.0 Å². The zero-order valence-corrected chi connectivity index (χ0v) is 14.4. The van der Waals surface area contributed by atoms with E-state index in [4.69, 9.17) is 4.74 Å². The van der Waals surface area contributed by atoms with Crippen molar-refractivity contribution in [2.75, 3.05) is 26.7 Å². The summed E-state index contributed by atoms with van der Waals surface area (Å²) >= 11 is 0. The number of hydrogen-bond acceptors (Lipinski definition) is 4. The monoisotopic (exact) mass is 368 g/mol. The predicted octanol–water partition coefficient (Wildman–Crippen LogP) is 2.31. The predicted molar refractivity (Wildman–Crippen MR) is 88.9 cm³/mol. The van der Waals surface area contributed by atoms with E-state index in [1.165, 1.54) is 11.4 Å². The highest BCUT2D eigenvalue weighted by molar-refractivity contribution is 7.89. The summed E-state index contributed by atoms with van der Waals surface area (Å²) in [6.07, 6.45) is 0. The number of nitrogens with zero attached hydrogens (tertiary/aromatic N) is 1. The minimum absolute atomic E-state index is 0.212. The number of rotatable bonds is 4. The van der Waals surface area contributed by atoms with Gasteiger partial charge in [0.15, 0.2) is 11.6 Å². The zero-order valence-electron chi connectivity index (χ0n) is 13.6. The Morgan fingerprint density at radius 1 is 1.16 bits per heavy atom. The third-order valence-corrected chi connectivity index (χ3v) is 6.09. The van der Waals surface area contributed by atoms with E-state index in [0.717, 1.165) is 12.1 Å². The van der Waals surface area contributed by atoms with Gasteiger partial charge in [0, 0.05) is 25.2 Å². The molecule has 1 N–H and O–H groups in total. The summed E-state index contributed by atoms with van der Waals surface area (Å²) in [4.78, 5) is -0.270. The molecule has 8 heteroatoms. The molecule has 3 rings (SSSR count). The van der Waals surface area contributed by atoms with Crippen LogP contribution in [-0.4, -0.2) is 39.5 Å². The molecule has 2 aromatic carbocycles. The summed E-state index contributed by atoms with van der Waals surface area (Å²) in [6.45, 7) is 1.07. The lowest BCUT2D eigenvalue weighted by molar-refractivity contribution is 0.264. The molecule has 0 amide bonds. The van der Waals surface area contributed by atoms with E-state index in [1.807, 2.05) is 0 Å². The minimum Gasteiger partial charge on any atom is -0.496 e. The zero-order chi connectivity index (χ0) is 18.0. The summed E-state index contributed by atoms with van der Waals surface area (Å²) in [5.74, 6) is -1.70. The molecule has 1 aliphatic rings. The molecule has 5 nitrogen and oxygen atoms in total. The van der Waals surface area contributed by atoms with Crippen LogP contribution in [-0.2, 0) is 10.0 Å². The molecule has 0 saturated carbocycles. The van der Waals surface area contributed by atoms with Crippen LogP contribution in [0, 0.1) is 11.6 Å². The highest BCUT2D eigenvalue weighted by Crippen LogP contribution is 2.34. The van der Waals surface area contributed by atoms with Crippen molar-refractivity contribution in [1.29, 1.82) is 0 Å². The van der Waals surface area contributed by atoms with Crippen LogP contribution >= 0.6 is 0 Å². The lowest BCUT2D eigenvalue weighted by atomic mass is 10.0. The van der Waals surface area contributed by atoms with Crippen LogP contribution in [0.4, 0.5) is 8.78 Å². The highest BCUT2D eigenvalue weighted by atomic mass is 32.2. The Labute approximate surface area is 145 Å². The van der Waals surface area contributed by atoms with Gasteiger partial charge in [0.25, 0.3) is 0 Å². The first-order valence-corrected chi connectivity index (χ1v) is 9.19. The Morgan fingerprint density at radius 2 is 1.92 bits per heavy atom. The van der Waals surface area contributed by atoms with Gasteiger partial charge in [-0.05, 0) is 24.3 Å². The van der Waals surface area contributed by atoms with Crippen molar-refractivity contribution in [3.05, 3.63) is 59.7 Å². The van der Waals surface area contributed by atoms with Gasteiger partial charge >= 0.3 is 0 Å². The quantitative estimate of drug-likeness (QED) is 0.900. The van der Waals surface area contributed by atoms with Crippen LogP contribution in [0.25, 0.3) is 0 Å². The number of sulfonamides is 1. The van der Waals surface area contributed by atoms with Crippen molar-refractivity contribution in [2.45, 2.75) is 10.9 Å². The fourth-order valence-electron chi connectivity index (χ4n) is 2.95. The fourth-order valence-corrected chi connectivity index (χ4v) is 4.57. The Hall–Kier alpha value is -2.03. The van der Waals surface area contributed by atoms with Crippen molar-refractivity contribution in [2.24, 2.45) is 0 Å². The number of benzene rings is 2. The smallest absolute Gasteiger partial charge is 0.243 e. The largest absolute Gasteiger partial charge is 0.496 e. The molecule has 0 radical (unpaired) electrons. The number of nitrogens with one attached hydrogen (secondary N) is 1. The maximum absolute atomic E-state index is 13.5. The Morgan fingerprint density at radius 3 is 2.64 bits per heavy atom. The average molecular weight is 368 g/mol. The van der Waals surface area contributed by atoms with E-state index in [-0.39, 0.29) is 11.4 Å². The van der Waals surface area contributed by atoms with E-state index in [2.05, 4.69) is 5.32 Å². The maximum atomic E-state index is 13.5. The molecular formula is C17H18F2N2O3S. The second kappa shape index (κ2) is 7.07. The molecule has 1 heterocycles. The maximum Gasteiger partial charge on any atom is 0.243 e. The van der Waals surface area contributed by atoms with Crippen LogP contribution in [0.1, 0.15) is 11.6 Å². The van der Waals surface area contributed by atoms with Gasteiger partial charge in [-0.1, -0.05) is 18.2 Å². The highest BCUT2D eigenvalue weighted by Gasteiger charge is 2.36. The summed E-state index contributed by atoms with van der Waals surface area (Å²) in [5, 5.41) is 3.16. The van der Waals surface area contributed by atoms with Crippen LogP contribution < -0.4 is 10.1 Å². The Bertz CT molecular complexity index is 874. The third kappa shape index (κ3) is 3.37. The second-order valence-electron chi connectivity index (χ2n) is 5.65. The molecule has 1 unspecified atom stereocenters. The molecule has 0 spiro atoms. The van der Waals surface area contributed by atoms with E-state index in [9.17, 15) is 17.2 Å². The number of piperazine rings is 1. The van der Waals surface area contributed by atoms with E-state index >= 15 is 0 Å². The molecular weight excluding hydrogens is 350 g/mol. The molecule has 1 fully saturated rings. The van der Waals surface area contributed by atoms with Gasteiger partial charge in [0.1, 0.15) is 5.75 Å². The molecule has 2 aromatic rings. The summed E-state index contributed by atoms with van der Waals surface area (Å²) in [5.41, 5.74) is 0.711. The van der Waals surface area contributed by atoms with Gasteiger partial charge in [-0.2, -0.15) is 4.31 Å². The summed E-state index contributed by atoms with van der Waals surface area (Å²) in [7, 11) is -2.48. The first-order valence-electron chi connectivity index (χ1n) is 7.75. The number of para-hydroxylation sites is 1. The molecule has 0 aromatic heterocycles. The third-order valence-electron chi connectivity index (χ3n) is 4.19. The molecule has 0 bridgehead atoms. The van der Waals surface area contributed by atoms with Gasteiger partial charge in [0.05, 0.1) is 18.0 Å². The van der Waals surface area contributed by atoms with Gasteiger partial charge < -0.3 is 10.1 Å². The van der Waals surface area contributed by atoms with Gasteiger partial charge in [-0.15, -0.1) is 0 Å². The molecule has 1 atom stereocenters. The fraction of sp³-hybridized carbons (Fsp3) is 0.294. The van der Waals surface area contributed by atoms with E-state index in [0.29, 0.717) is 30.5 Å². The second-order valence-corrected chi connectivity index (χ2v) is 7.54. The topological polar surface area (TPSA) is 58.6 Å². The molecule has 1 saturated heterocycles. The minimum atomic E-state index is -3.99. The SMILES string of the molecule is COc1ccccc1C1CNCCN1S(=O)(=O)c1ccc(F)c(F)c1. The number of ether oxygens (including phenoxy) is 1. The van der Waals surface area contributed by atoms with Crippen molar-refractivity contribution in [3.8, 4) is 5.75 Å². The van der Waals surface area contributed by atoms with Crippen LogP contribution in [0.3, 0.4) is 0 Å². The Kier molecular flexibility index (Phi) is 5.03. The number of methoxy groups -OCH3 is 1. The molecule has 0 aliphatic carbocycles. The number of hydrogen-bond donors (Lipinski definition) is 1. The van der Waals surface area contributed by atoms with Crippen molar-refractivity contribution in [3.63, 3.8) is 0 Å². The lowest BCUT2D eigenvalue weighted by Gasteiger charge is -2.36. The molecule has 1 aliphatic heterocycles. The first-order chi connectivity index (χ1) is 11.9. The van der Waals surface area contributed by atoms with Gasteiger partial charge in [-0.25, -0.2) is 17.2 Å². The van der Waals surface area contributed by atoms with E-state index in [1.54, 1.807) is 24.3 Å². The number of halogens is 2. The standard InChI is InChI=1S/C17H18F2N2O3S/c1-24-17-5-3-2-4-13(17)16-11-20-8-9-21(16)25(22,23)12-6-7-14(18)15(19)10-12/h2-7,10,16,20H,8-9,11H2,1H3. The van der Waals surface area contributed by atoms with Crippen LogP contribution in [0.15, 0.2) is 47.4 Å². The molecule has 25 heavy (non-hydrogen) atoms. The first kappa shape index (κ1) is 17.8. The normalized spacial score (nSPS) is 18.9. The summed E-state index contributed by atoms with van der Waals surface area (Å²) in [6, 6.07) is 9.25. The average Bonchev–Trinajstić information content (AvgIpc) is 2.63. The van der Waals surface area contributed by atoms with Crippen molar-refractivity contribution in [1.82, 2.24) is 9.62 Å². The van der Waals surface area contributed by atoms with Crippen molar-refractivity contribution >= 4 is 10.0 Å². The van der Waals surface area contributed by atoms with Gasteiger partial charge in [-0.3, -0.25) is 0 Å². The van der Waals surface area contributed by atoms with Crippen LogP contribution in [0.5, 0.6) is 5.75 Å². The van der Waals surface area contributed by atoms with Crippen LogP contribution in [0.2, 0.25) is 0 Å². The molecule has 134 valence electrons. The van der Waals surface area contributed by atoms with Crippen molar-refractivity contribution < 1.29 is 21.9 Å². The van der Waals surface area contributed by atoms with E-state index < -0.39 is 27.7 Å². The lowest BCUT2D eigenvalue weighted by Crippen LogP contribution is -2.48. The summed E-state index contributed by atoms with van der Waals surface area (Å²) < 4.78 is 59.3. The Balaban J connectivity index is 2.04.